The van der Waals surface area contributed by atoms with Gasteiger partial charge < -0.3 is 9.32 Å². The minimum atomic E-state index is 0.145. The third-order valence-electron chi connectivity index (χ3n) is 3.69. The van der Waals surface area contributed by atoms with E-state index in [1.54, 1.807) is 6.26 Å². The van der Waals surface area contributed by atoms with E-state index in [-0.39, 0.29) is 5.91 Å². The second-order valence-electron chi connectivity index (χ2n) is 5.22. The number of nitrogens with zero attached hydrogens (tertiary/aromatic N) is 2. The van der Waals surface area contributed by atoms with Crippen molar-refractivity contribution in [3.05, 3.63) is 44.4 Å². The Bertz CT molecular complexity index is 596. The molecule has 2 aromatic heterocycles. The van der Waals surface area contributed by atoms with Gasteiger partial charge in [0.2, 0.25) is 0 Å². The minimum absolute atomic E-state index is 0.145. The van der Waals surface area contributed by atoms with E-state index in [4.69, 9.17) is 4.42 Å². The average molecular weight is 369 g/mol. The zero-order valence-electron chi connectivity index (χ0n) is 11.8. The van der Waals surface area contributed by atoms with Gasteiger partial charge in [0, 0.05) is 26.2 Å². The van der Waals surface area contributed by atoms with Crippen molar-refractivity contribution in [3.8, 4) is 0 Å². The number of piperazine rings is 1. The first-order valence-electron chi connectivity index (χ1n) is 6.93. The minimum Gasteiger partial charge on any atom is -0.468 e. The van der Waals surface area contributed by atoms with Crippen molar-refractivity contribution in [2.24, 2.45) is 0 Å². The second-order valence-corrected chi connectivity index (χ2v) is 7.59. The van der Waals surface area contributed by atoms with E-state index in [1.807, 2.05) is 30.0 Å². The smallest absolute Gasteiger partial charge is 0.264 e. The fourth-order valence-electron chi connectivity index (χ4n) is 2.45. The van der Waals surface area contributed by atoms with E-state index in [9.17, 15) is 4.79 Å². The van der Waals surface area contributed by atoms with Crippen LogP contribution < -0.4 is 0 Å². The van der Waals surface area contributed by atoms with Crippen LogP contribution in [-0.2, 0) is 6.54 Å². The molecule has 6 heteroatoms. The van der Waals surface area contributed by atoms with E-state index < -0.39 is 0 Å². The highest BCUT2D eigenvalue weighted by Crippen LogP contribution is 2.28. The van der Waals surface area contributed by atoms with Crippen LogP contribution in [0.25, 0.3) is 0 Å². The van der Waals surface area contributed by atoms with Crippen LogP contribution in [0.15, 0.2) is 32.7 Å². The van der Waals surface area contributed by atoms with Crippen LogP contribution in [0.2, 0.25) is 0 Å². The van der Waals surface area contributed by atoms with Gasteiger partial charge in [-0.25, -0.2) is 0 Å². The lowest BCUT2D eigenvalue weighted by molar-refractivity contribution is 0.0625. The van der Waals surface area contributed by atoms with Gasteiger partial charge in [-0.05, 0) is 46.6 Å². The number of hydrogen-bond acceptors (Lipinski definition) is 4. The first-order chi connectivity index (χ1) is 10.1. The Balaban J connectivity index is 1.56. The first kappa shape index (κ1) is 14.8. The maximum absolute atomic E-state index is 12.5. The molecule has 21 heavy (non-hydrogen) atoms. The van der Waals surface area contributed by atoms with Crippen LogP contribution in [0.1, 0.15) is 21.0 Å². The molecule has 1 fully saturated rings. The van der Waals surface area contributed by atoms with E-state index in [1.165, 1.54) is 11.3 Å². The maximum Gasteiger partial charge on any atom is 0.264 e. The maximum atomic E-state index is 12.5. The van der Waals surface area contributed by atoms with Crippen molar-refractivity contribution >= 4 is 33.2 Å². The molecule has 1 amide bonds. The van der Waals surface area contributed by atoms with Gasteiger partial charge in [0.15, 0.2) is 0 Å². The molecule has 0 spiro atoms. The number of amides is 1. The Morgan fingerprint density at radius 3 is 2.71 bits per heavy atom. The second kappa shape index (κ2) is 6.34. The molecule has 1 saturated heterocycles. The quantitative estimate of drug-likeness (QED) is 0.833. The molecule has 0 bridgehead atoms. The summed E-state index contributed by atoms with van der Waals surface area (Å²) in [5, 5.41) is 0. The van der Waals surface area contributed by atoms with E-state index in [0.717, 1.165) is 52.7 Å². The molecular weight excluding hydrogens is 352 g/mol. The molecule has 1 aliphatic heterocycles. The molecule has 2 aromatic rings. The highest BCUT2D eigenvalue weighted by molar-refractivity contribution is 9.11. The summed E-state index contributed by atoms with van der Waals surface area (Å²) in [6.45, 7) is 6.15. The molecule has 0 radical (unpaired) electrons. The van der Waals surface area contributed by atoms with Crippen LogP contribution in [0.5, 0.6) is 0 Å². The summed E-state index contributed by atoms with van der Waals surface area (Å²) in [6, 6.07) is 5.86. The fourth-order valence-corrected chi connectivity index (χ4v) is 3.96. The molecule has 0 atom stereocenters. The predicted octanol–water partition coefficient (Wildman–Crippen LogP) is 3.37. The van der Waals surface area contributed by atoms with Gasteiger partial charge in [-0.1, -0.05) is 0 Å². The van der Waals surface area contributed by atoms with Gasteiger partial charge in [0.1, 0.15) is 5.76 Å². The number of rotatable bonds is 3. The molecule has 0 aromatic carbocycles. The topological polar surface area (TPSA) is 36.7 Å². The summed E-state index contributed by atoms with van der Waals surface area (Å²) < 4.78 is 6.41. The summed E-state index contributed by atoms with van der Waals surface area (Å²) in [4.78, 5) is 17.5. The molecule has 3 rings (SSSR count). The highest BCUT2D eigenvalue weighted by atomic mass is 79.9. The summed E-state index contributed by atoms with van der Waals surface area (Å²) in [5.74, 6) is 1.12. The lowest BCUT2D eigenvalue weighted by Crippen LogP contribution is -2.48. The van der Waals surface area contributed by atoms with Crippen molar-refractivity contribution in [2.45, 2.75) is 13.5 Å². The Hall–Kier alpha value is -1.11. The predicted molar refractivity (Wildman–Crippen MR) is 86.6 cm³/mol. The first-order valence-corrected chi connectivity index (χ1v) is 8.54. The third kappa shape index (κ3) is 3.39. The molecule has 0 aliphatic carbocycles. The fraction of sp³-hybridized carbons (Fsp3) is 0.400. The van der Waals surface area contributed by atoms with Crippen molar-refractivity contribution in [1.29, 1.82) is 0 Å². The lowest BCUT2D eigenvalue weighted by atomic mass is 10.2. The van der Waals surface area contributed by atoms with Gasteiger partial charge in [0.25, 0.3) is 5.91 Å². The van der Waals surface area contributed by atoms with Gasteiger partial charge in [-0.3, -0.25) is 9.69 Å². The Kier molecular flexibility index (Phi) is 4.47. The van der Waals surface area contributed by atoms with Gasteiger partial charge in [0.05, 0.1) is 21.5 Å². The van der Waals surface area contributed by atoms with Gasteiger partial charge in [-0.2, -0.15) is 0 Å². The number of thiophene rings is 1. The number of furan rings is 1. The Morgan fingerprint density at radius 1 is 1.38 bits per heavy atom. The van der Waals surface area contributed by atoms with Crippen molar-refractivity contribution in [1.82, 2.24) is 9.80 Å². The standard InChI is InChI=1S/C15H17BrN2O2S/c1-11-9-13(21-14(11)16)15(19)18-6-4-17(5-7-18)10-12-3-2-8-20-12/h2-3,8-9H,4-7,10H2,1H3. The van der Waals surface area contributed by atoms with Gasteiger partial charge in [-0.15, -0.1) is 11.3 Å². The van der Waals surface area contributed by atoms with Crippen LogP contribution in [-0.4, -0.2) is 41.9 Å². The Morgan fingerprint density at radius 2 is 2.14 bits per heavy atom. The molecule has 0 saturated carbocycles. The molecular formula is C15H17BrN2O2S. The number of aryl methyl sites for hydroxylation is 1. The van der Waals surface area contributed by atoms with Crippen molar-refractivity contribution < 1.29 is 9.21 Å². The molecule has 0 N–H and O–H groups in total. The summed E-state index contributed by atoms with van der Waals surface area (Å²) in [5.41, 5.74) is 1.12. The number of hydrogen-bond donors (Lipinski definition) is 0. The van der Waals surface area contributed by atoms with Crippen LogP contribution in [0, 0.1) is 6.92 Å². The monoisotopic (exact) mass is 368 g/mol. The van der Waals surface area contributed by atoms with Crippen LogP contribution in [0.3, 0.4) is 0 Å². The third-order valence-corrected chi connectivity index (χ3v) is 5.81. The number of halogens is 1. The van der Waals surface area contributed by atoms with E-state index in [0.29, 0.717) is 0 Å². The Labute approximate surface area is 136 Å². The number of carbonyl (C=O) groups is 1. The molecule has 4 nitrogen and oxygen atoms in total. The molecule has 3 heterocycles. The van der Waals surface area contributed by atoms with Crippen LogP contribution in [0.4, 0.5) is 0 Å². The summed E-state index contributed by atoms with van der Waals surface area (Å²) in [7, 11) is 0. The van der Waals surface area contributed by atoms with Crippen LogP contribution >= 0.6 is 27.3 Å². The highest BCUT2D eigenvalue weighted by Gasteiger charge is 2.24. The molecule has 112 valence electrons. The zero-order valence-corrected chi connectivity index (χ0v) is 14.2. The van der Waals surface area contributed by atoms with Crippen molar-refractivity contribution in [2.75, 3.05) is 26.2 Å². The molecule has 0 unspecified atom stereocenters. The molecule has 1 aliphatic rings. The SMILES string of the molecule is Cc1cc(C(=O)N2CCN(Cc3ccco3)CC2)sc1Br. The lowest BCUT2D eigenvalue weighted by Gasteiger charge is -2.34. The van der Waals surface area contributed by atoms with E-state index >= 15 is 0 Å². The van der Waals surface area contributed by atoms with E-state index in [2.05, 4.69) is 20.8 Å². The summed E-state index contributed by atoms with van der Waals surface area (Å²) in [6.07, 6.45) is 1.70. The van der Waals surface area contributed by atoms with Gasteiger partial charge >= 0.3 is 0 Å². The zero-order chi connectivity index (χ0) is 14.8. The number of carbonyl (C=O) groups excluding carboxylic acids is 1. The average Bonchev–Trinajstić information content (AvgIpc) is 3.10. The van der Waals surface area contributed by atoms with Crippen molar-refractivity contribution in [3.63, 3.8) is 0 Å². The summed E-state index contributed by atoms with van der Waals surface area (Å²) >= 11 is 5.00. The largest absolute Gasteiger partial charge is 0.468 e. The normalized spacial score (nSPS) is 16.4.